The van der Waals surface area contributed by atoms with Gasteiger partial charge in [0.1, 0.15) is 9.36 Å². The highest BCUT2D eigenvalue weighted by atomic mass is 35.5. The summed E-state index contributed by atoms with van der Waals surface area (Å²) < 4.78 is 26.8. The van der Waals surface area contributed by atoms with Crippen molar-refractivity contribution >= 4 is 32.8 Å². The number of hydrogen-bond donors (Lipinski definition) is 1. The van der Waals surface area contributed by atoms with Crippen molar-refractivity contribution in [3.8, 4) is 11.1 Å². The van der Waals surface area contributed by atoms with Crippen molar-refractivity contribution < 1.29 is 8.42 Å². The van der Waals surface area contributed by atoms with Gasteiger partial charge in [-0.2, -0.15) is 0 Å². The number of benzene rings is 1. The van der Waals surface area contributed by atoms with Crippen molar-refractivity contribution in [2.75, 3.05) is 7.05 Å². The Kier molecular flexibility index (Phi) is 5.24. The Bertz CT molecular complexity index is 999. The molecule has 25 heavy (non-hydrogen) atoms. The van der Waals surface area contributed by atoms with Crippen LogP contribution in [0.25, 0.3) is 11.1 Å². The molecule has 0 saturated heterocycles. The molecule has 0 radical (unpaired) electrons. The van der Waals surface area contributed by atoms with Crippen LogP contribution in [0.4, 0.5) is 0 Å². The molecule has 0 fully saturated rings. The van der Waals surface area contributed by atoms with Crippen molar-refractivity contribution in [1.82, 2.24) is 10.3 Å². The monoisotopic (exact) mass is 392 g/mol. The van der Waals surface area contributed by atoms with Gasteiger partial charge < -0.3 is 5.32 Å². The van der Waals surface area contributed by atoms with Crippen molar-refractivity contribution in [2.24, 2.45) is 0 Å². The second-order valence-corrected chi connectivity index (χ2v) is 9.11. The Balaban J connectivity index is 2.30. The molecule has 0 aliphatic heterocycles. The van der Waals surface area contributed by atoms with Crippen molar-refractivity contribution in [3.63, 3.8) is 0 Å². The van der Waals surface area contributed by atoms with Gasteiger partial charge in [-0.3, -0.25) is 0 Å². The van der Waals surface area contributed by atoms with E-state index in [2.05, 4.69) is 10.3 Å². The van der Waals surface area contributed by atoms with Gasteiger partial charge in [-0.05, 0) is 43.8 Å². The van der Waals surface area contributed by atoms with Gasteiger partial charge in [-0.25, -0.2) is 13.4 Å². The normalized spacial score (nSPS) is 11.6. The van der Waals surface area contributed by atoms with Gasteiger partial charge in [-0.15, -0.1) is 11.3 Å². The molecule has 0 bridgehead atoms. The second-order valence-electron chi connectivity index (χ2n) is 5.50. The molecule has 4 nitrogen and oxygen atoms in total. The molecule has 130 valence electrons. The number of thiophene rings is 1. The average molecular weight is 393 g/mol. The SMILES string of the molecule is CNCc1sc(S(=O)(=O)c2ccccc2)c(-c2cccnc2Cl)c1C. The fourth-order valence-corrected chi connectivity index (χ4v) is 6.21. The minimum absolute atomic E-state index is 0.272. The molecule has 0 spiro atoms. The van der Waals surface area contributed by atoms with Gasteiger partial charge in [0.05, 0.1) is 4.90 Å². The van der Waals surface area contributed by atoms with Crippen molar-refractivity contribution in [2.45, 2.75) is 22.6 Å². The first-order valence-corrected chi connectivity index (χ1v) is 10.3. The number of aromatic nitrogens is 1. The third-order valence-corrected chi connectivity index (χ3v) is 7.76. The summed E-state index contributed by atoms with van der Waals surface area (Å²) in [5.41, 5.74) is 2.18. The van der Waals surface area contributed by atoms with Crippen LogP contribution >= 0.6 is 22.9 Å². The van der Waals surface area contributed by atoms with Crippen LogP contribution < -0.4 is 5.32 Å². The van der Waals surface area contributed by atoms with E-state index in [9.17, 15) is 8.42 Å². The third kappa shape index (κ3) is 3.35. The summed E-state index contributed by atoms with van der Waals surface area (Å²) >= 11 is 7.55. The van der Waals surface area contributed by atoms with E-state index in [1.165, 1.54) is 11.3 Å². The molecule has 7 heteroatoms. The fraction of sp³-hybridized carbons (Fsp3) is 0.167. The van der Waals surface area contributed by atoms with Crippen LogP contribution in [0.1, 0.15) is 10.4 Å². The first-order valence-electron chi connectivity index (χ1n) is 7.64. The lowest BCUT2D eigenvalue weighted by Gasteiger charge is -2.08. The van der Waals surface area contributed by atoms with E-state index in [-0.39, 0.29) is 4.90 Å². The van der Waals surface area contributed by atoms with E-state index in [1.807, 2.05) is 14.0 Å². The molecular weight excluding hydrogens is 376 g/mol. The molecule has 0 atom stereocenters. The highest BCUT2D eigenvalue weighted by Gasteiger charge is 2.28. The Morgan fingerprint density at radius 1 is 1.16 bits per heavy atom. The molecule has 0 unspecified atom stereocenters. The molecule has 2 heterocycles. The quantitative estimate of drug-likeness (QED) is 0.657. The number of sulfone groups is 1. The predicted molar refractivity (Wildman–Crippen MR) is 102 cm³/mol. The third-order valence-electron chi connectivity index (χ3n) is 3.88. The van der Waals surface area contributed by atoms with E-state index in [4.69, 9.17) is 11.6 Å². The lowest BCUT2D eigenvalue weighted by molar-refractivity contribution is 0.598. The van der Waals surface area contributed by atoms with E-state index in [1.54, 1.807) is 48.7 Å². The van der Waals surface area contributed by atoms with Crippen LogP contribution in [0.2, 0.25) is 5.15 Å². The number of hydrogen-bond acceptors (Lipinski definition) is 5. The summed E-state index contributed by atoms with van der Waals surface area (Å²) in [5.74, 6) is 0. The predicted octanol–water partition coefficient (Wildman–Crippen LogP) is 4.32. The Morgan fingerprint density at radius 3 is 2.52 bits per heavy atom. The standard InChI is InChI=1S/C18H17ClN2O2S2/c1-12-15(11-20-2)24-18(16(12)14-9-6-10-21-17(14)19)25(22,23)13-7-4-3-5-8-13/h3-10,20H,11H2,1-2H3. The maximum absolute atomic E-state index is 13.2. The maximum Gasteiger partial charge on any atom is 0.216 e. The molecule has 2 aromatic heterocycles. The summed E-state index contributed by atoms with van der Waals surface area (Å²) in [4.78, 5) is 5.34. The van der Waals surface area contributed by atoms with Crippen LogP contribution in [0.3, 0.4) is 0 Å². The zero-order chi connectivity index (χ0) is 18.0. The molecule has 3 aromatic rings. The molecule has 1 aromatic carbocycles. The van der Waals surface area contributed by atoms with Gasteiger partial charge in [0, 0.05) is 28.7 Å². The lowest BCUT2D eigenvalue weighted by Crippen LogP contribution is -2.04. The first-order chi connectivity index (χ1) is 12.0. The Labute approximate surface area is 156 Å². The smallest absolute Gasteiger partial charge is 0.216 e. The number of halogens is 1. The summed E-state index contributed by atoms with van der Waals surface area (Å²) in [5, 5.41) is 3.38. The summed E-state index contributed by atoms with van der Waals surface area (Å²) in [6.45, 7) is 2.51. The molecular formula is C18H17ClN2O2S2. The van der Waals surface area contributed by atoms with E-state index >= 15 is 0 Å². The number of nitrogens with zero attached hydrogens (tertiary/aromatic N) is 1. The van der Waals surface area contributed by atoms with E-state index < -0.39 is 9.84 Å². The van der Waals surface area contributed by atoms with E-state index in [0.717, 1.165) is 10.4 Å². The van der Waals surface area contributed by atoms with E-state index in [0.29, 0.717) is 27.0 Å². The fourth-order valence-electron chi connectivity index (χ4n) is 2.64. The minimum atomic E-state index is -3.65. The van der Waals surface area contributed by atoms with Gasteiger partial charge >= 0.3 is 0 Å². The zero-order valence-electron chi connectivity index (χ0n) is 13.8. The minimum Gasteiger partial charge on any atom is -0.315 e. The van der Waals surface area contributed by atoms with Gasteiger partial charge in [0.25, 0.3) is 0 Å². The van der Waals surface area contributed by atoms with Gasteiger partial charge in [-0.1, -0.05) is 29.8 Å². The van der Waals surface area contributed by atoms with Gasteiger partial charge in [0.2, 0.25) is 9.84 Å². The molecule has 0 aliphatic carbocycles. The van der Waals surface area contributed by atoms with Crippen LogP contribution in [-0.4, -0.2) is 20.4 Å². The van der Waals surface area contributed by atoms with Crippen LogP contribution in [0.15, 0.2) is 57.8 Å². The summed E-state index contributed by atoms with van der Waals surface area (Å²) in [7, 11) is -1.82. The molecule has 3 rings (SSSR count). The number of pyridine rings is 1. The summed E-state index contributed by atoms with van der Waals surface area (Å²) in [6.07, 6.45) is 1.59. The molecule has 0 aliphatic rings. The molecule has 0 amide bonds. The summed E-state index contributed by atoms with van der Waals surface area (Å²) in [6, 6.07) is 12.0. The first kappa shape index (κ1) is 18.1. The van der Waals surface area contributed by atoms with Crippen molar-refractivity contribution in [1.29, 1.82) is 0 Å². The largest absolute Gasteiger partial charge is 0.315 e. The van der Waals surface area contributed by atoms with Crippen LogP contribution in [0.5, 0.6) is 0 Å². The molecule has 1 N–H and O–H groups in total. The van der Waals surface area contributed by atoms with Gasteiger partial charge in [0.15, 0.2) is 0 Å². The number of nitrogens with one attached hydrogen (secondary N) is 1. The highest BCUT2D eigenvalue weighted by Crippen LogP contribution is 2.43. The van der Waals surface area contributed by atoms with Crippen LogP contribution in [-0.2, 0) is 16.4 Å². The topological polar surface area (TPSA) is 59.1 Å². The van der Waals surface area contributed by atoms with Crippen molar-refractivity contribution in [3.05, 3.63) is 64.3 Å². The maximum atomic E-state index is 13.2. The average Bonchev–Trinajstić information content (AvgIpc) is 2.94. The number of rotatable bonds is 5. The molecule has 0 saturated carbocycles. The zero-order valence-corrected chi connectivity index (χ0v) is 16.2. The highest BCUT2D eigenvalue weighted by molar-refractivity contribution is 7.93. The lowest BCUT2D eigenvalue weighted by atomic mass is 10.1. The second kappa shape index (κ2) is 7.25. The Morgan fingerprint density at radius 2 is 1.88 bits per heavy atom. The Hall–Kier alpha value is -1.73. The van der Waals surface area contributed by atoms with Crippen LogP contribution in [0, 0.1) is 6.92 Å².